The van der Waals surface area contributed by atoms with E-state index in [2.05, 4.69) is 6.92 Å². The highest BCUT2D eigenvalue weighted by Gasteiger charge is 2.33. The molecule has 2 aromatic rings. The summed E-state index contributed by atoms with van der Waals surface area (Å²) in [5, 5.41) is 11.7. The van der Waals surface area contributed by atoms with E-state index in [1.54, 1.807) is 6.08 Å². The summed E-state index contributed by atoms with van der Waals surface area (Å²) in [4.78, 5) is 30.0. The van der Waals surface area contributed by atoms with Crippen LogP contribution in [0.25, 0.3) is 16.5 Å². The molecule has 1 aliphatic heterocycles. The average Bonchev–Trinajstić information content (AvgIpc) is 2.95. The zero-order valence-electron chi connectivity index (χ0n) is 24.5. The van der Waals surface area contributed by atoms with Crippen LogP contribution in [0.2, 0.25) is 0 Å². The lowest BCUT2D eigenvalue weighted by Gasteiger charge is -2.25. The van der Waals surface area contributed by atoms with Crippen molar-refractivity contribution in [3.05, 3.63) is 57.1 Å². The minimum atomic E-state index is -1.53. The molecule has 0 radical (unpaired) electrons. The van der Waals surface area contributed by atoms with Crippen LogP contribution in [0.5, 0.6) is 0 Å². The van der Waals surface area contributed by atoms with Crippen molar-refractivity contribution >= 4 is 28.2 Å². The second-order valence-corrected chi connectivity index (χ2v) is 9.43. The molecule has 0 saturated carbocycles. The van der Waals surface area contributed by atoms with Crippen LogP contribution in [0, 0.1) is 18.7 Å². The number of allylic oxidation sites excluding steroid dienone is 1. The van der Waals surface area contributed by atoms with Crippen molar-refractivity contribution < 1.29 is 23.8 Å². The van der Waals surface area contributed by atoms with Crippen LogP contribution in [-0.4, -0.2) is 34.6 Å². The summed E-state index contributed by atoms with van der Waals surface area (Å²) < 4.78 is 19.8. The van der Waals surface area contributed by atoms with E-state index in [4.69, 9.17) is 9.72 Å². The number of esters is 1. The Kier molecular flexibility index (Phi) is 11.4. The van der Waals surface area contributed by atoms with Crippen molar-refractivity contribution in [3.8, 4) is 0 Å². The molecule has 1 aromatic heterocycles. The van der Waals surface area contributed by atoms with Gasteiger partial charge in [-0.3, -0.25) is 4.79 Å². The molecule has 1 aromatic carbocycles. The monoisotopic (exact) mass is 525 g/mol. The first-order valence-electron chi connectivity index (χ1n) is 14.1. The number of carbonyl (C=O) groups excluding carboxylic acids is 2. The number of Topliss-reactive ketones (excluding diaryl/α,β-unsaturated/α-hetero) is 1. The van der Waals surface area contributed by atoms with E-state index >= 15 is 0 Å². The Hall–Kier alpha value is -2.86. The number of aliphatic hydroxyl groups excluding tert-OH is 1. The Morgan fingerprint density at radius 1 is 1.21 bits per heavy atom. The highest BCUT2D eigenvalue weighted by atomic mass is 19.1. The smallest absolute Gasteiger partial charge is 0.340 e. The molecule has 0 bridgehead atoms. The molecule has 0 saturated heterocycles. The largest absolute Gasteiger partial charge is 0.458 e. The van der Waals surface area contributed by atoms with Crippen molar-refractivity contribution in [2.45, 2.75) is 101 Å². The van der Waals surface area contributed by atoms with Crippen LogP contribution in [0.15, 0.2) is 23.3 Å². The maximum absolute atomic E-state index is 14.7. The van der Waals surface area contributed by atoms with Crippen molar-refractivity contribution in [1.29, 1.82) is 0 Å². The van der Waals surface area contributed by atoms with Crippen molar-refractivity contribution in [2.75, 3.05) is 6.61 Å². The number of aryl methyl sites for hydroxylation is 2. The average molecular weight is 526 g/mol. The summed E-state index contributed by atoms with van der Waals surface area (Å²) in [6.45, 7) is 17.4. The maximum atomic E-state index is 14.7. The number of halogens is 1. The fraction of sp³-hybridized carbons (Fsp3) is 0.531. The van der Waals surface area contributed by atoms with E-state index in [0.29, 0.717) is 23.1 Å². The van der Waals surface area contributed by atoms with Crippen LogP contribution in [0.1, 0.15) is 96.2 Å². The van der Waals surface area contributed by atoms with Gasteiger partial charge in [0, 0.05) is 28.5 Å². The van der Waals surface area contributed by atoms with Gasteiger partial charge in [-0.2, -0.15) is 0 Å². The molecule has 2 unspecified atom stereocenters. The second-order valence-electron chi connectivity index (χ2n) is 9.43. The molecule has 208 valence electrons. The zero-order chi connectivity index (χ0) is 28.7. The predicted molar refractivity (Wildman–Crippen MR) is 153 cm³/mol. The molecule has 6 heteroatoms. The number of aromatic nitrogens is 1. The number of benzene rings is 1. The number of pyridine rings is 1. The Balaban J connectivity index is 0.00000121. The van der Waals surface area contributed by atoms with Gasteiger partial charge in [-0.1, -0.05) is 54.5 Å². The Bertz CT molecular complexity index is 1260. The Morgan fingerprint density at radius 2 is 1.84 bits per heavy atom. The molecule has 38 heavy (non-hydrogen) atoms. The van der Waals surface area contributed by atoms with Gasteiger partial charge >= 0.3 is 5.97 Å². The van der Waals surface area contributed by atoms with E-state index in [1.807, 2.05) is 55.4 Å². The number of ketones is 1. The van der Waals surface area contributed by atoms with E-state index in [1.165, 1.54) is 11.6 Å². The molecule has 5 nitrogen and oxygen atoms in total. The fourth-order valence-corrected chi connectivity index (χ4v) is 5.19. The van der Waals surface area contributed by atoms with E-state index in [0.717, 1.165) is 53.5 Å². The number of aliphatic hydroxyl groups is 1. The van der Waals surface area contributed by atoms with Crippen molar-refractivity contribution in [3.63, 3.8) is 0 Å². The molecule has 1 N–H and O–H groups in total. The first kappa shape index (κ1) is 31.4. The van der Waals surface area contributed by atoms with Crippen LogP contribution in [0.4, 0.5) is 4.39 Å². The van der Waals surface area contributed by atoms with Crippen molar-refractivity contribution in [2.24, 2.45) is 5.92 Å². The molecule has 4 rings (SSSR count). The number of rotatable bonds is 6. The maximum Gasteiger partial charge on any atom is 0.340 e. The van der Waals surface area contributed by atoms with Gasteiger partial charge in [-0.15, -0.1) is 0 Å². The molecule has 2 atom stereocenters. The number of hydrogen-bond acceptors (Lipinski definition) is 5. The minimum absolute atomic E-state index is 0.132. The Labute approximate surface area is 227 Å². The molecular formula is C32H44FNO4. The van der Waals surface area contributed by atoms with Crippen molar-refractivity contribution in [1.82, 2.24) is 4.98 Å². The quantitative estimate of drug-likeness (QED) is 0.410. The van der Waals surface area contributed by atoms with Crippen LogP contribution >= 0.6 is 0 Å². The molecule has 2 heterocycles. The van der Waals surface area contributed by atoms with Crippen LogP contribution in [-0.2, 0) is 33.6 Å². The van der Waals surface area contributed by atoms with Gasteiger partial charge in [0.2, 0.25) is 0 Å². The second kappa shape index (κ2) is 13.8. The number of carbonyl (C=O) groups is 2. The van der Waals surface area contributed by atoms with E-state index < -0.39 is 12.1 Å². The van der Waals surface area contributed by atoms with Crippen LogP contribution in [0.3, 0.4) is 0 Å². The first-order valence-corrected chi connectivity index (χ1v) is 14.1. The summed E-state index contributed by atoms with van der Waals surface area (Å²) in [6.07, 6.45) is 4.25. The molecule has 0 fully saturated rings. The normalized spacial score (nSPS) is 17.7. The number of cyclic esters (lactones) is 1. The van der Waals surface area contributed by atoms with Crippen LogP contribution < -0.4 is 0 Å². The highest BCUT2D eigenvalue weighted by molar-refractivity contribution is 6.01. The predicted octanol–water partition coefficient (Wildman–Crippen LogP) is 7.02. The van der Waals surface area contributed by atoms with E-state index in [-0.39, 0.29) is 29.7 Å². The summed E-state index contributed by atoms with van der Waals surface area (Å²) in [5.41, 5.74) is 6.69. The minimum Gasteiger partial charge on any atom is -0.458 e. The lowest BCUT2D eigenvalue weighted by Crippen LogP contribution is -2.35. The van der Waals surface area contributed by atoms with Gasteiger partial charge in [0.25, 0.3) is 0 Å². The van der Waals surface area contributed by atoms with Gasteiger partial charge in [-0.25, -0.2) is 14.2 Å². The molecular weight excluding hydrogens is 481 g/mol. The topological polar surface area (TPSA) is 76.5 Å². The van der Waals surface area contributed by atoms with Gasteiger partial charge in [0.15, 0.2) is 11.9 Å². The SMILES string of the molecule is CC.CC.CCc1c(/C(C)=C/C2=C(C(=O)C(C)CC)COC(=O)C2O)nc2cc(F)c(C)c3c2c1CCC3. The Morgan fingerprint density at radius 3 is 2.45 bits per heavy atom. The fourth-order valence-electron chi connectivity index (χ4n) is 5.19. The lowest BCUT2D eigenvalue weighted by molar-refractivity contribution is -0.152. The summed E-state index contributed by atoms with van der Waals surface area (Å²) in [6, 6.07) is 1.50. The molecule has 0 amide bonds. The number of ether oxygens (including phenoxy) is 1. The first-order chi connectivity index (χ1) is 18.2. The standard InChI is InChI=1S/C28H32FNO4.2C2H6/c1-6-14(3)26(31)21-13-34-28(33)27(32)20(21)11-15(4)25-17(7-2)19-10-8-9-18-16(5)22(29)12-23(30-25)24(18)19;2*1-2/h11-12,14,27,32H,6-10,13H2,1-5H3;2*1-2H3/b15-11+;;. The summed E-state index contributed by atoms with van der Waals surface area (Å²) >= 11 is 0. The summed E-state index contributed by atoms with van der Waals surface area (Å²) in [7, 11) is 0. The number of hydrogen-bond donors (Lipinski definition) is 1. The highest BCUT2D eigenvalue weighted by Crippen LogP contribution is 2.38. The third-order valence-electron chi connectivity index (χ3n) is 7.35. The summed E-state index contributed by atoms with van der Waals surface area (Å²) in [5.74, 6) is -1.40. The zero-order valence-corrected chi connectivity index (χ0v) is 24.5. The lowest BCUT2D eigenvalue weighted by atomic mass is 9.83. The van der Waals surface area contributed by atoms with E-state index in [9.17, 15) is 19.1 Å². The molecule has 0 spiro atoms. The third kappa shape index (κ3) is 5.90. The molecule has 1 aliphatic carbocycles. The third-order valence-corrected chi connectivity index (χ3v) is 7.35. The van der Waals surface area contributed by atoms with Gasteiger partial charge < -0.3 is 9.84 Å². The van der Waals surface area contributed by atoms with Gasteiger partial charge in [0.1, 0.15) is 12.4 Å². The van der Waals surface area contributed by atoms with Gasteiger partial charge in [0.05, 0.1) is 11.2 Å². The molecule has 2 aliphatic rings. The number of nitrogens with zero attached hydrogens (tertiary/aromatic N) is 1. The van der Waals surface area contributed by atoms with Gasteiger partial charge in [-0.05, 0) is 73.8 Å².